The van der Waals surface area contributed by atoms with Crippen LogP contribution < -0.4 is 5.32 Å². The van der Waals surface area contributed by atoms with Crippen molar-refractivity contribution >= 4 is 54.6 Å². The Bertz CT molecular complexity index is 614. The molecule has 4 nitrogen and oxygen atoms in total. The SMILES string of the molecule is O=[N+]([O-])c1ccc(NCc2cc(Br)c(Br)s2)c(F)c1. The molecule has 0 saturated carbocycles. The zero-order chi connectivity index (χ0) is 14.0. The molecule has 0 atom stereocenters. The van der Waals surface area contributed by atoms with Crippen LogP contribution in [0.4, 0.5) is 15.8 Å². The van der Waals surface area contributed by atoms with E-state index in [0.717, 1.165) is 19.2 Å². The highest BCUT2D eigenvalue weighted by Crippen LogP contribution is 2.33. The summed E-state index contributed by atoms with van der Waals surface area (Å²) in [4.78, 5) is 10.9. The van der Waals surface area contributed by atoms with E-state index in [9.17, 15) is 14.5 Å². The van der Waals surface area contributed by atoms with Crippen molar-refractivity contribution in [3.8, 4) is 0 Å². The van der Waals surface area contributed by atoms with Gasteiger partial charge in [0.15, 0.2) is 5.82 Å². The van der Waals surface area contributed by atoms with E-state index in [-0.39, 0.29) is 11.4 Å². The van der Waals surface area contributed by atoms with Crippen molar-refractivity contribution in [2.24, 2.45) is 0 Å². The fourth-order valence-corrected chi connectivity index (χ4v) is 3.54. The molecule has 0 radical (unpaired) electrons. The van der Waals surface area contributed by atoms with E-state index in [0.29, 0.717) is 6.54 Å². The van der Waals surface area contributed by atoms with E-state index in [1.165, 1.54) is 23.5 Å². The van der Waals surface area contributed by atoms with Crippen LogP contribution in [0.25, 0.3) is 0 Å². The van der Waals surface area contributed by atoms with E-state index in [2.05, 4.69) is 37.2 Å². The summed E-state index contributed by atoms with van der Waals surface area (Å²) in [6.07, 6.45) is 0. The molecule has 2 aromatic rings. The Labute approximate surface area is 129 Å². The summed E-state index contributed by atoms with van der Waals surface area (Å²) in [6, 6.07) is 5.46. The summed E-state index contributed by atoms with van der Waals surface area (Å²) in [5.74, 6) is -0.635. The van der Waals surface area contributed by atoms with Crippen LogP contribution in [0.5, 0.6) is 0 Å². The maximum atomic E-state index is 13.6. The lowest BCUT2D eigenvalue weighted by atomic mass is 10.2. The van der Waals surface area contributed by atoms with Gasteiger partial charge in [0.25, 0.3) is 5.69 Å². The molecule has 0 bridgehead atoms. The summed E-state index contributed by atoms with van der Waals surface area (Å²) >= 11 is 8.27. The molecule has 0 aliphatic heterocycles. The topological polar surface area (TPSA) is 55.2 Å². The van der Waals surface area contributed by atoms with Crippen molar-refractivity contribution in [3.63, 3.8) is 0 Å². The van der Waals surface area contributed by atoms with Crippen LogP contribution in [0.15, 0.2) is 32.5 Å². The van der Waals surface area contributed by atoms with E-state index >= 15 is 0 Å². The second-order valence-corrected chi connectivity index (χ2v) is 6.92. The molecule has 0 aliphatic rings. The van der Waals surface area contributed by atoms with Gasteiger partial charge in [-0.15, -0.1) is 11.3 Å². The largest absolute Gasteiger partial charge is 0.378 e. The zero-order valence-corrected chi connectivity index (χ0v) is 13.3. The number of benzene rings is 1. The molecule has 0 spiro atoms. The van der Waals surface area contributed by atoms with Gasteiger partial charge in [-0.25, -0.2) is 4.39 Å². The standard InChI is InChI=1S/C11H7Br2FN2O2S/c12-8-4-7(19-11(8)13)5-15-10-2-1-6(16(17)18)3-9(10)14/h1-4,15H,5H2. The average molecular weight is 410 g/mol. The number of hydrogen-bond acceptors (Lipinski definition) is 4. The van der Waals surface area contributed by atoms with Crippen molar-refractivity contribution < 1.29 is 9.31 Å². The summed E-state index contributed by atoms with van der Waals surface area (Å²) in [7, 11) is 0. The Morgan fingerprint density at radius 1 is 1.37 bits per heavy atom. The highest BCUT2D eigenvalue weighted by atomic mass is 79.9. The molecule has 1 heterocycles. The van der Waals surface area contributed by atoms with Gasteiger partial charge in [-0.1, -0.05) is 0 Å². The minimum Gasteiger partial charge on any atom is -0.378 e. The highest BCUT2D eigenvalue weighted by molar-refractivity contribution is 9.13. The number of nitro benzene ring substituents is 1. The number of rotatable bonds is 4. The van der Waals surface area contributed by atoms with Crippen LogP contribution in [0.3, 0.4) is 0 Å². The van der Waals surface area contributed by atoms with Crippen LogP contribution in [-0.2, 0) is 6.54 Å². The molecule has 1 N–H and O–H groups in total. The molecule has 8 heteroatoms. The fourth-order valence-electron chi connectivity index (χ4n) is 1.42. The third-order valence-corrected chi connectivity index (χ3v) is 5.57. The van der Waals surface area contributed by atoms with Gasteiger partial charge in [0, 0.05) is 22.0 Å². The number of anilines is 1. The number of halogens is 3. The fraction of sp³-hybridized carbons (Fsp3) is 0.0909. The Hall–Kier alpha value is -0.990. The number of nitrogens with one attached hydrogen (secondary N) is 1. The lowest BCUT2D eigenvalue weighted by Gasteiger charge is -2.05. The van der Waals surface area contributed by atoms with Gasteiger partial charge in [0.05, 0.1) is 20.5 Å². The number of nitrogens with zero attached hydrogens (tertiary/aromatic N) is 1. The van der Waals surface area contributed by atoms with Crippen LogP contribution in [0.1, 0.15) is 4.88 Å². The van der Waals surface area contributed by atoms with Crippen molar-refractivity contribution in [1.82, 2.24) is 0 Å². The molecule has 19 heavy (non-hydrogen) atoms. The molecule has 100 valence electrons. The normalized spacial score (nSPS) is 10.5. The quantitative estimate of drug-likeness (QED) is 0.575. The molecule has 0 saturated heterocycles. The van der Waals surface area contributed by atoms with E-state index < -0.39 is 10.7 Å². The Kier molecular flexibility index (Phi) is 4.54. The van der Waals surface area contributed by atoms with E-state index in [1.807, 2.05) is 6.07 Å². The predicted molar refractivity (Wildman–Crippen MR) is 80.1 cm³/mol. The molecule has 0 amide bonds. The molecule has 2 rings (SSSR count). The summed E-state index contributed by atoms with van der Waals surface area (Å²) in [5, 5.41) is 13.4. The van der Waals surface area contributed by atoms with Gasteiger partial charge in [-0.2, -0.15) is 0 Å². The second-order valence-electron chi connectivity index (χ2n) is 3.61. The smallest absolute Gasteiger partial charge is 0.272 e. The van der Waals surface area contributed by atoms with Crippen LogP contribution in [0.2, 0.25) is 0 Å². The predicted octanol–water partition coefficient (Wildman–Crippen LogP) is 4.93. The minimum absolute atomic E-state index is 0.242. The minimum atomic E-state index is -0.635. The molecule has 0 aliphatic carbocycles. The van der Waals surface area contributed by atoms with Gasteiger partial charge in [-0.3, -0.25) is 10.1 Å². The van der Waals surface area contributed by atoms with Gasteiger partial charge in [-0.05, 0) is 44.0 Å². The van der Waals surface area contributed by atoms with Gasteiger partial charge < -0.3 is 5.32 Å². The van der Waals surface area contributed by atoms with E-state index in [1.54, 1.807) is 0 Å². The van der Waals surface area contributed by atoms with Crippen molar-refractivity contribution in [3.05, 3.63) is 53.3 Å². The zero-order valence-electron chi connectivity index (χ0n) is 9.32. The lowest BCUT2D eigenvalue weighted by Crippen LogP contribution is -2.00. The summed E-state index contributed by atoms with van der Waals surface area (Å²) < 4.78 is 15.5. The van der Waals surface area contributed by atoms with Gasteiger partial charge >= 0.3 is 0 Å². The van der Waals surface area contributed by atoms with Crippen molar-refractivity contribution in [2.45, 2.75) is 6.54 Å². The number of nitro groups is 1. The molecular formula is C11H7Br2FN2O2S. The summed E-state index contributed by atoms with van der Waals surface area (Å²) in [6.45, 7) is 0.448. The van der Waals surface area contributed by atoms with Gasteiger partial charge in [0.1, 0.15) is 0 Å². The highest BCUT2D eigenvalue weighted by Gasteiger charge is 2.11. The second kappa shape index (κ2) is 5.98. The number of non-ortho nitro benzene ring substituents is 1. The number of thiophene rings is 1. The van der Waals surface area contributed by atoms with Crippen LogP contribution in [-0.4, -0.2) is 4.92 Å². The third-order valence-electron chi connectivity index (χ3n) is 2.31. The Morgan fingerprint density at radius 3 is 2.63 bits per heavy atom. The average Bonchev–Trinajstić information content (AvgIpc) is 2.67. The molecular weight excluding hydrogens is 403 g/mol. The summed E-state index contributed by atoms with van der Waals surface area (Å²) in [5.41, 5.74) is -0.0177. The first-order chi connectivity index (χ1) is 8.97. The molecule has 0 unspecified atom stereocenters. The lowest BCUT2D eigenvalue weighted by molar-refractivity contribution is -0.385. The molecule has 0 fully saturated rings. The van der Waals surface area contributed by atoms with Crippen molar-refractivity contribution in [1.29, 1.82) is 0 Å². The first kappa shape index (κ1) is 14.4. The maximum Gasteiger partial charge on any atom is 0.272 e. The third kappa shape index (κ3) is 3.52. The van der Waals surface area contributed by atoms with Crippen molar-refractivity contribution in [2.75, 3.05) is 5.32 Å². The first-order valence-corrected chi connectivity index (χ1v) is 7.49. The maximum absolute atomic E-state index is 13.6. The van der Waals surface area contributed by atoms with Gasteiger partial charge in [0.2, 0.25) is 0 Å². The number of hydrogen-bond donors (Lipinski definition) is 1. The Morgan fingerprint density at radius 2 is 2.11 bits per heavy atom. The van der Waals surface area contributed by atoms with E-state index in [4.69, 9.17) is 0 Å². The van der Waals surface area contributed by atoms with Crippen LogP contribution >= 0.6 is 43.2 Å². The van der Waals surface area contributed by atoms with Crippen LogP contribution in [0, 0.1) is 15.9 Å². The molecule has 1 aromatic heterocycles. The molecule has 1 aromatic carbocycles. The Balaban J connectivity index is 2.09. The first-order valence-electron chi connectivity index (χ1n) is 5.09. The monoisotopic (exact) mass is 408 g/mol.